The van der Waals surface area contributed by atoms with Gasteiger partial charge < -0.3 is 4.74 Å². The molecule has 0 spiro atoms. The van der Waals surface area contributed by atoms with Crippen LogP contribution in [0.25, 0.3) is 0 Å². The highest BCUT2D eigenvalue weighted by Gasteiger charge is 2.04. The van der Waals surface area contributed by atoms with Gasteiger partial charge in [-0.2, -0.15) is 0 Å². The fourth-order valence-electron chi connectivity index (χ4n) is 2.08. The summed E-state index contributed by atoms with van der Waals surface area (Å²) in [5.41, 5.74) is 3.94. The second-order valence-electron chi connectivity index (χ2n) is 4.50. The van der Waals surface area contributed by atoms with Crippen LogP contribution in [0.1, 0.15) is 36.6 Å². The number of hydrogen-bond acceptors (Lipinski definition) is 1. The molecule has 2 aromatic rings. The molecular formula is C17H20O. The Kier molecular flexibility index (Phi) is 4.54. The lowest BCUT2D eigenvalue weighted by molar-refractivity contribution is 0.0764. The Morgan fingerprint density at radius 3 is 2.11 bits per heavy atom. The summed E-state index contributed by atoms with van der Waals surface area (Å²) < 4.78 is 5.59. The van der Waals surface area contributed by atoms with Crippen LogP contribution >= 0.6 is 0 Å². The normalized spacial score (nSPS) is 12.3. The largest absolute Gasteiger partial charge is 0.374 e. The fourth-order valence-corrected chi connectivity index (χ4v) is 2.08. The van der Waals surface area contributed by atoms with Crippen LogP contribution in [0.15, 0.2) is 54.6 Å². The minimum absolute atomic E-state index is 0.181. The van der Waals surface area contributed by atoms with E-state index in [2.05, 4.69) is 61.5 Å². The molecule has 0 saturated heterocycles. The Balaban J connectivity index is 2.04. The zero-order valence-electron chi connectivity index (χ0n) is 11.1. The first kappa shape index (κ1) is 12.8. The molecular weight excluding hydrogens is 220 g/mol. The molecule has 1 nitrogen and oxygen atoms in total. The zero-order chi connectivity index (χ0) is 12.8. The molecule has 94 valence electrons. The van der Waals surface area contributed by atoms with Crippen LogP contribution in [0.5, 0.6) is 0 Å². The second-order valence-corrected chi connectivity index (χ2v) is 4.50. The van der Waals surface area contributed by atoms with Gasteiger partial charge in [-0.25, -0.2) is 0 Å². The zero-order valence-corrected chi connectivity index (χ0v) is 11.1. The molecule has 1 unspecified atom stereocenters. The maximum absolute atomic E-state index is 5.59. The lowest BCUT2D eigenvalue weighted by atomic mass is 10.0. The molecule has 0 radical (unpaired) electrons. The predicted octanol–water partition coefficient (Wildman–Crippen LogP) is 4.37. The van der Waals surface area contributed by atoms with Crippen LogP contribution in [0, 0.1) is 0 Å². The number of benzene rings is 2. The van der Waals surface area contributed by atoms with Gasteiger partial charge in [0, 0.05) is 6.61 Å². The van der Waals surface area contributed by atoms with Crippen LogP contribution in [0.2, 0.25) is 0 Å². The summed E-state index contributed by atoms with van der Waals surface area (Å²) >= 11 is 0. The molecule has 0 N–H and O–H groups in total. The Morgan fingerprint density at radius 1 is 0.889 bits per heavy atom. The molecule has 2 aromatic carbocycles. The summed E-state index contributed by atoms with van der Waals surface area (Å²) in [7, 11) is 0. The van der Waals surface area contributed by atoms with Crippen molar-refractivity contribution >= 4 is 0 Å². The van der Waals surface area contributed by atoms with Crippen molar-refractivity contribution in [3.8, 4) is 0 Å². The standard InChI is InChI=1S/C17H20O/c1-3-18-14(2)17-11-9-16(10-12-17)13-15-7-5-4-6-8-15/h4-12,14H,3,13H2,1-2H3. The third-order valence-electron chi connectivity index (χ3n) is 3.12. The Labute approximate surface area is 109 Å². The van der Waals surface area contributed by atoms with Crippen molar-refractivity contribution in [1.82, 2.24) is 0 Å². The van der Waals surface area contributed by atoms with Gasteiger partial charge in [-0.15, -0.1) is 0 Å². The minimum Gasteiger partial charge on any atom is -0.374 e. The third-order valence-corrected chi connectivity index (χ3v) is 3.12. The van der Waals surface area contributed by atoms with Crippen LogP contribution in [-0.2, 0) is 11.2 Å². The van der Waals surface area contributed by atoms with E-state index in [-0.39, 0.29) is 6.10 Å². The van der Waals surface area contributed by atoms with Crippen LogP contribution in [-0.4, -0.2) is 6.61 Å². The van der Waals surface area contributed by atoms with Crippen LogP contribution in [0.3, 0.4) is 0 Å². The Bertz CT molecular complexity index is 459. The molecule has 0 aromatic heterocycles. The quantitative estimate of drug-likeness (QED) is 0.753. The molecule has 0 aliphatic carbocycles. The summed E-state index contributed by atoms with van der Waals surface area (Å²) in [6.45, 7) is 4.88. The van der Waals surface area contributed by atoms with E-state index in [0.717, 1.165) is 13.0 Å². The van der Waals surface area contributed by atoms with Crippen molar-refractivity contribution in [3.05, 3.63) is 71.3 Å². The van der Waals surface area contributed by atoms with E-state index >= 15 is 0 Å². The van der Waals surface area contributed by atoms with Crippen molar-refractivity contribution < 1.29 is 4.74 Å². The van der Waals surface area contributed by atoms with Crippen molar-refractivity contribution in [3.63, 3.8) is 0 Å². The van der Waals surface area contributed by atoms with Gasteiger partial charge in [0.2, 0.25) is 0 Å². The van der Waals surface area contributed by atoms with Gasteiger partial charge in [0.05, 0.1) is 6.10 Å². The Morgan fingerprint density at radius 2 is 1.50 bits per heavy atom. The molecule has 0 saturated carbocycles. The van der Waals surface area contributed by atoms with E-state index in [9.17, 15) is 0 Å². The number of ether oxygens (including phenoxy) is 1. The summed E-state index contributed by atoms with van der Waals surface area (Å²) in [4.78, 5) is 0. The molecule has 1 atom stereocenters. The average Bonchev–Trinajstić information content (AvgIpc) is 2.41. The van der Waals surface area contributed by atoms with E-state index in [1.165, 1.54) is 16.7 Å². The maximum Gasteiger partial charge on any atom is 0.0796 e. The van der Waals surface area contributed by atoms with E-state index < -0.39 is 0 Å². The van der Waals surface area contributed by atoms with E-state index in [4.69, 9.17) is 4.74 Å². The minimum atomic E-state index is 0.181. The Hall–Kier alpha value is -1.60. The van der Waals surface area contributed by atoms with Gasteiger partial charge in [0.15, 0.2) is 0 Å². The highest BCUT2D eigenvalue weighted by atomic mass is 16.5. The van der Waals surface area contributed by atoms with E-state index in [1.807, 2.05) is 6.92 Å². The maximum atomic E-state index is 5.59. The number of rotatable bonds is 5. The summed E-state index contributed by atoms with van der Waals surface area (Å²) in [6, 6.07) is 19.3. The van der Waals surface area contributed by atoms with Gasteiger partial charge in [-0.1, -0.05) is 54.6 Å². The lowest BCUT2D eigenvalue weighted by Crippen LogP contribution is -1.99. The number of hydrogen-bond donors (Lipinski definition) is 0. The first-order valence-corrected chi connectivity index (χ1v) is 6.54. The van der Waals surface area contributed by atoms with E-state index in [0.29, 0.717) is 0 Å². The summed E-state index contributed by atoms with van der Waals surface area (Å²) in [5.74, 6) is 0. The topological polar surface area (TPSA) is 9.23 Å². The van der Waals surface area contributed by atoms with Crippen molar-refractivity contribution in [1.29, 1.82) is 0 Å². The van der Waals surface area contributed by atoms with E-state index in [1.54, 1.807) is 0 Å². The van der Waals surface area contributed by atoms with Crippen LogP contribution in [0.4, 0.5) is 0 Å². The first-order chi connectivity index (χ1) is 8.79. The van der Waals surface area contributed by atoms with Crippen molar-refractivity contribution in [2.45, 2.75) is 26.4 Å². The third kappa shape index (κ3) is 3.44. The molecule has 1 heteroatoms. The molecule has 18 heavy (non-hydrogen) atoms. The van der Waals surface area contributed by atoms with Crippen LogP contribution < -0.4 is 0 Å². The molecule has 2 rings (SSSR count). The summed E-state index contributed by atoms with van der Waals surface area (Å²) in [6.07, 6.45) is 1.17. The molecule has 0 bridgehead atoms. The predicted molar refractivity (Wildman–Crippen MR) is 75.7 cm³/mol. The highest BCUT2D eigenvalue weighted by Crippen LogP contribution is 2.18. The van der Waals surface area contributed by atoms with Gasteiger partial charge in [0.1, 0.15) is 0 Å². The smallest absolute Gasteiger partial charge is 0.0796 e. The molecule has 0 fully saturated rings. The summed E-state index contributed by atoms with van der Waals surface area (Å²) in [5, 5.41) is 0. The van der Waals surface area contributed by atoms with Gasteiger partial charge in [-0.05, 0) is 37.0 Å². The van der Waals surface area contributed by atoms with Gasteiger partial charge in [-0.3, -0.25) is 0 Å². The van der Waals surface area contributed by atoms with Crippen molar-refractivity contribution in [2.75, 3.05) is 6.61 Å². The average molecular weight is 240 g/mol. The molecule has 0 heterocycles. The van der Waals surface area contributed by atoms with Gasteiger partial charge in [0.25, 0.3) is 0 Å². The van der Waals surface area contributed by atoms with Gasteiger partial charge >= 0.3 is 0 Å². The molecule has 0 aliphatic rings. The highest BCUT2D eigenvalue weighted by molar-refractivity contribution is 5.29. The first-order valence-electron chi connectivity index (χ1n) is 6.54. The SMILES string of the molecule is CCOC(C)c1ccc(Cc2ccccc2)cc1. The molecule has 0 aliphatic heterocycles. The van der Waals surface area contributed by atoms with Crippen molar-refractivity contribution in [2.24, 2.45) is 0 Å². The molecule has 0 amide bonds. The fraction of sp³-hybridized carbons (Fsp3) is 0.294. The second kappa shape index (κ2) is 6.36. The lowest BCUT2D eigenvalue weighted by Gasteiger charge is -2.12. The monoisotopic (exact) mass is 240 g/mol.